The van der Waals surface area contributed by atoms with E-state index in [-0.39, 0.29) is 24.0 Å². The molecule has 0 aromatic rings. The number of carbonyl (C=O) groups is 1. The van der Waals surface area contributed by atoms with E-state index in [0.29, 0.717) is 13.0 Å². The minimum Gasteiger partial charge on any atom is -0.372 e. The molecule has 0 saturated carbocycles. The van der Waals surface area contributed by atoms with E-state index in [0.717, 1.165) is 0 Å². The van der Waals surface area contributed by atoms with Crippen molar-refractivity contribution in [3.8, 4) is 0 Å². The Morgan fingerprint density at radius 1 is 1.53 bits per heavy atom. The van der Waals surface area contributed by atoms with E-state index in [1.807, 2.05) is 0 Å². The lowest BCUT2D eigenvalue weighted by molar-refractivity contribution is -0.127. The van der Waals surface area contributed by atoms with Crippen molar-refractivity contribution in [3.05, 3.63) is 0 Å². The van der Waals surface area contributed by atoms with Crippen LogP contribution >= 0.6 is 0 Å². The highest BCUT2D eigenvalue weighted by Gasteiger charge is 2.39. The zero-order valence-electron chi connectivity index (χ0n) is 9.08. The molecule has 1 saturated heterocycles. The Kier molecular flexibility index (Phi) is 3.72. The summed E-state index contributed by atoms with van der Waals surface area (Å²) >= 11 is 0. The number of nitrogens with one attached hydrogen (secondary N) is 1. The summed E-state index contributed by atoms with van der Waals surface area (Å²) < 4.78 is 27.5. The van der Waals surface area contributed by atoms with Crippen molar-refractivity contribution in [2.75, 3.05) is 24.7 Å². The summed E-state index contributed by atoms with van der Waals surface area (Å²) in [5, 5.41) is 2.70. The number of sulfone groups is 1. The first-order valence-electron chi connectivity index (χ1n) is 4.96. The number of ether oxygens (including phenoxy) is 1. The highest BCUT2D eigenvalue weighted by Crippen LogP contribution is 2.22. The van der Waals surface area contributed by atoms with Gasteiger partial charge >= 0.3 is 0 Å². The lowest BCUT2D eigenvalue weighted by Crippen LogP contribution is -2.48. The standard InChI is InChI=1S/C9H17NO4S/c1-3-14-6-8(11)10-9(2)4-5-15(12,13)7-9/h3-7H2,1-2H3,(H,10,11). The number of carbonyl (C=O) groups excluding carboxylic acids is 1. The minimum absolute atomic E-state index is 0.00780. The van der Waals surface area contributed by atoms with Crippen LogP contribution in [0.5, 0.6) is 0 Å². The van der Waals surface area contributed by atoms with Crippen molar-refractivity contribution in [3.63, 3.8) is 0 Å². The third-order valence-electron chi connectivity index (χ3n) is 2.38. The zero-order valence-corrected chi connectivity index (χ0v) is 9.89. The average molecular weight is 235 g/mol. The Morgan fingerprint density at radius 2 is 2.20 bits per heavy atom. The molecule has 1 N–H and O–H groups in total. The molecule has 88 valence electrons. The molecule has 1 rings (SSSR count). The van der Waals surface area contributed by atoms with Gasteiger partial charge in [-0.1, -0.05) is 0 Å². The van der Waals surface area contributed by atoms with Crippen molar-refractivity contribution in [2.24, 2.45) is 0 Å². The normalized spacial score (nSPS) is 28.9. The summed E-state index contributed by atoms with van der Waals surface area (Å²) in [6.45, 7) is 4.02. The van der Waals surface area contributed by atoms with Crippen molar-refractivity contribution in [1.82, 2.24) is 5.32 Å². The molecule has 1 unspecified atom stereocenters. The molecule has 1 aliphatic heterocycles. The van der Waals surface area contributed by atoms with Crippen LogP contribution in [0.15, 0.2) is 0 Å². The molecule has 5 nitrogen and oxygen atoms in total. The first-order chi connectivity index (χ1) is 6.87. The molecule has 0 bridgehead atoms. The van der Waals surface area contributed by atoms with Gasteiger partial charge in [-0.05, 0) is 20.3 Å². The molecule has 1 atom stereocenters. The summed E-state index contributed by atoms with van der Waals surface area (Å²) in [5.41, 5.74) is -0.618. The lowest BCUT2D eigenvalue weighted by atomic mass is 10.0. The maximum Gasteiger partial charge on any atom is 0.246 e. The molecule has 0 aliphatic carbocycles. The summed E-state index contributed by atoms with van der Waals surface area (Å²) in [6.07, 6.45) is 0.479. The zero-order chi connectivity index (χ0) is 11.5. The van der Waals surface area contributed by atoms with Crippen molar-refractivity contribution in [1.29, 1.82) is 0 Å². The highest BCUT2D eigenvalue weighted by atomic mass is 32.2. The fourth-order valence-electron chi connectivity index (χ4n) is 1.68. The molecule has 1 heterocycles. The van der Waals surface area contributed by atoms with Crippen LogP contribution in [0.25, 0.3) is 0 Å². The Balaban J connectivity index is 2.48. The van der Waals surface area contributed by atoms with E-state index >= 15 is 0 Å². The second-order valence-electron chi connectivity index (χ2n) is 4.09. The summed E-state index contributed by atoms with van der Waals surface area (Å²) in [5.74, 6) is -0.0764. The predicted octanol–water partition coefficient (Wildman–Crippen LogP) is -0.284. The first kappa shape index (κ1) is 12.4. The summed E-state index contributed by atoms with van der Waals surface area (Å²) in [4.78, 5) is 11.3. The summed E-state index contributed by atoms with van der Waals surface area (Å²) in [7, 11) is -2.98. The van der Waals surface area contributed by atoms with E-state index in [9.17, 15) is 13.2 Å². The van der Waals surface area contributed by atoms with Gasteiger partial charge in [-0.15, -0.1) is 0 Å². The SMILES string of the molecule is CCOCC(=O)NC1(C)CCS(=O)(=O)C1. The smallest absolute Gasteiger partial charge is 0.246 e. The van der Waals surface area contributed by atoms with Gasteiger partial charge in [0.1, 0.15) is 6.61 Å². The van der Waals surface area contributed by atoms with E-state index in [4.69, 9.17) is 4.74 Å². The van der Waals surface area contributed by atoms with Crippen LogP contribution in [0.3, 0.4) is 0 Å². The van der Waals surface area contributed by atoms with E-state index < -0.39 is 15.4 Å². The lowest BCUT2D eigenvalue weighted by Gasteiger charge is -2.23. The van der Waals surface area contributed by atoms with E-state index in [1.165, 1.54) is 0 Å². The molecule has 1 fully saturated rings. The number of hydrogen-bond acceptors (Lipinski definition) is 4. The molecule has 1 aliphatic rings. The molecule has 0 radical (unpaired) electrons. The van der Waals surface area contributed by atoms with Crippen LogP contribution in [0.4, 0.5) is 0 Å². The molecule has 6 heteroatoms. The first-order valence-corrected chi connectivity index (χ1v) is 6.78. The third-order valence-corrected chi connectivity index (χ3v) is 4.28. The van der Waals surface area contributed by atoms with Gasteiger partial charge in [0.05, 0.1) is 17.0 Å². The van der Waals surface area contributed by atoms with Gasteiger partial charge < -0.3 is 10.1 Å². The van der Waals surface area contributed by atoms with Gasteiger partial charge in [0.15, 0.2) is 9.84 Å². The monoisotopic (exact) mass is 235 g/mol. The topological polar surface area (TPSA) is 72.5 Å². The average Bonchev–Trinajstić information content (AvgIpc) is 2.37. The Hall–Kier alpha value is -0.620. The van der Waals surface area contributed by atoms with Gasteiger partial charge in [0, 0.05) is 6.61 Å². The molecule has 0 spiro atoms. The van der Waals surface area contributed by atoms with E-state index in [1.54, 1.807) is 13.8 Å². The van der Waals surface area contributed by atoms with Gasteiger partial charge in [-0.3, -0.25) is 4.79 Å². The summed E-state index contributed by atoms with van der Waals surface area (Å²) in [6, 6.07) is 0. The van der Waals surface area contributed by atoms with Crippen LogP contribution in [0.1, 0.15) is 20.3 Å². The maximum atomic E-state index is 11.3. The second kappa shape index (κ2) is 4.49. The number of amides is 1. The van der Waals surface area contributed by atoms with Gasteiger partial charge in [-0.25, -0.2) is 8.42 Å². The molecule has 0 aromatic heterocycles. The minimum atomic E-state index is -2.98. The molecular weight excluding hydrogens is 218 g/mol. The van der Waals surface area contributed by atoms with Crippen LogP contribution in [0.2, 0.25) is 0 Å². The Bertz CT molecular complexity index is 338. The molecular formula is C9H17NO4S. The number of hydrogen-bond donors (Lipinski definition) is 1. The van der Waals surface area contributed by atoms with Crippen molar-refractivity contribution in [2.45, 2.75) is 25.8 Å². The second-order valence-corrected chi connectivity index (χ2v) is 6.27. The fourth-order valence-corrected chi connectivity index (χ4v) is 3.77. The number of rotatable bonds is 4. The van der Waals surface area contributed by atoms with Crippen LogP contribution in [-0.2, 0) is 19.4 Å². The maximum absolute atomic E-state index is 11.3. The largest absolute Gasteiger partial charge is 0.372 e. The Morgan fingerprint density at radius 3 is 2.67 bits per heavy atom. The molecule has 15 heavy (non-hydrogen) atoms. The molecule has 0 aromatic carbocycles. The Labute approximate surface area is 90.1 Å². The fraction of sp³-hybridized carbons (Fsp3) is 0.889. The quantitative estimate of drug-likeness (QED) is 0.727. The van der Waals surface area contributed by atoms with Gasteiger partial charge in [-0.2, -0.15) is 0 Å². The highest BCUT2D eigenvalue weighted by molar-refractivity contribution is 7.91. The van der Waals surface area contributed by atoms with Crippen molar-refractivity contribution >= 4 is 15.7 Å². The molecule has 1 amide bonds. The third kappa shape index (κ3) is 3.79. The van der Waals surface area contributed by atoms with Gasteiger partial charge in [0.25, 0.3) is 0 Å². The van der Waals surface area contributed by atoms with Crippen LogP contribution < -0.4 is 5.32 Å². The van der Waals surface area contributed by atoms with E-state index in [2.05, 4.69) is 5.32 Å². The van der Waals surface area contributed by atoms with Crippen LogP contribution in [-0.4, -0.2) is 44.6 Å². The predicted molar refractivity (Wildman–Crippen MR) is 56.3 cm³/mol. The van der Waals surface area contributed by atoms with Crippen LogP contribution in [0, 0.1) is 0 Å². The van der Waals surface area contributed by atoms with Crippen molar-refractivity contribution < 1.29 is 17.9 Å². The van der Waals surface area contributed by atoms with Gasteiger partial charge in [0.2, 0.25) is 5.91 Å².